The zero-order chi connectivity index (χ0) is 80.9. The number of rotatable bonds is 21. The number of aromatic nitrogens is 27. The lowest BCUT2D eigenvalue weighted by Crippen LogP contribution is -2.35. The second kappa shape index (κ2) is 36.1. The highest BCUT2D eigenvalue weighted by molar-refractivity contribution is 6.68. The van der Waals surface area contributed by atoms with Crippen LogP contribution >= 0.6 is 11.6 Å². The molecule has 4 amide bonds. The number of fused-ring (bicyclic) bond motifs is 13. The number of allylic oxidation sites excluding steroid dienone is 4. The van der Waals surface area contributed by atoms with E-state index in [-0.39, 0.29) is 75.6 Å². The number of nitrogens with one attached hydrogen (secondary N) is 4. The van der Waals surface area contributed by atoms with Crippen molar-refractivity contribution in [1.82, 2.24) is 165 Å². The largest absolute Gasteiger partial charge is 0.352 e. The Morgan fingerprint density at radius 3 is 1.10 bits per heavy atom. The van der Waals surface area contributed by atoms with Gasteiger partial charge in [0.05, 0.1) is 0 Å². The molecule has 6 aliphatic rings. The van der Waals surface area contributed by atoms with Crippen LogP contribution in [0.15, 0.2) is 143 Å². The molecule has 12 heterocycles. The minimum absolute atomic E-state index is 0.00301. The average molecular weight is 1600 g/mol. The van der Waals surface area contributed by atoms with Crippen molar-refractivity contribution < 1.29 is 24.0 Å². The Kier molecular flexibility index (Phi) is 24.6. The number of hydrogen-bond acceptors (Lipinski definition) is 33. The molecule has 596 valence electrons. The van der Waals surface area contributed by atoms with Gasteiger partial charge in [-0.05, 0) is 128 Å². The van der Waals surface area contributed by atoms with Gasteiger partial charge in [-0.15, -0.1) is 56.1 Å². The van der Waals surface area contributed by atoms with Gasteiger partial charge in [-0.1, -0.05) is 64.2 Å². The lowest BCUT2D eigenvalue weighted by Gasteiger charge is -2.18. The molecular weight excluding hydrogens is 1520 g/mol. The Balaban J connectivity index is 0.000000126. The number of imidazole rings is 3. The van der Waals surface area contributed by atoms with E-state index in [1.807, 2.05) is 0 Å². The second-order valence-corrected chi connectivity index (χ2v) is 28.2. The maximum absolute atomic E-state index is 12.5. The molecule has 8 N–H and O–H groups in total. The number of carbonyl (C=O) groups is 5. The lowest BCUT2D eigenvalue weighted by atomic mass is 9.86. The molecule has 4 aliphatic carbocycles. The topological polar surface area (TPSA) is 542 Å². The summed E-state index contributed by atoms with van der Waals surface area (Å²) in [6.07, 6.45) is 23.8. The molecule has 2 saturated heterocycles. The quantitative estimate of drug-likeness (QED) is 0.0278. The van der Waals surface area contributed by atoms with Crippen LogP contribution < -0.4 is 49.8 Å². The summed E-state index contributed by atoms with van der Waals surface area (Å²) in [5, 5.41) is 64.9. The number of carbonyl (C=O) groups excluding carboxylic acids is 5. The molecule has 4 fully saturated rings. The van der Waals surface area contributed by atoms with Crippen molar-refractivity contribution in [2.24, 2.45) is 80.0 Å². The monoisotopic (exact) mass is 1600 g/mol. The van der Waals surface area contributed by atoms with Gasteiger partial charge >= 0.3 is 17.1 Å². The number of hydrogen-bond donors (Lipinski definition) is 6. The number of halogens is 1. The highest BCUT2D eigenvalue weighted by Gasteiger charge is 2.50. The van der Waals surface area contributed by atoms with Gasteiger partial charge in [-0.2, -0.15) is 14.0 Å². The van der Waals surface area contributed by atoms with Gasteiger partial charge in [0.15, 0.2) is 34.0 Å². The van der Waals surface area contributed by atoms with E-state index < -0.39 is 22.5 Å². The molecule has 44 heteroatoms. The second-order valence-electron chi connectivity index (χ2n) is 27.9. The van der Waals surface area contributed by atoms with Gasteiger partial charge in [0.2, 0.25) is 34.9 Å². The van der Waals surface area contributed by atoms with Crippen LogP contribution in [0.2, 0.25) is 0 Å². The molecule has 0 radical (unpaired) electrons. The van der Waals surface area contributed by atoms with Gasteiger partial charge in [-0.3, -0.25) is 24.0 Å². The van der Waals surface area contributed by atoms with Crippen LogP contribution in [0, 0.1) is 47.3 Å². The molecule has 18 rings (SSSR count). The summed E-state index contributed by atoms with van der Waals surface area (Å²) >= 11 is 5.22. The summed E-state index contributed by atoms with van der Waals surface area (Å²) in [4.78, 5) is 128. The first kappa shape index (κ1) is 79.1. The molecule has 2 saturated carbocycles. The molecular formula is C72H78ClN35O8. The van der Waals surface area contributed by atoms with Gasteiger partial charge in [-0.25, -0.2) is 62.5 Å². The van der Waals surface area contributed by atoms with Gasteiger partial charge < -0.3 is 42.5 Å². The first-order valence-corrected chi connectivity index (χ1v) is 37.5. The summed E-state index contributed by atoms with van der Waals surface area (Å²) in [5.41, 5.74) is 12.4. The van der Waals surface area contributed by atoms with Crippen LogP contribution in [0.25, 0.3) is 63.0 Å². The third-order valence-electron chi connectivity index (χ3n) is 20.6. The highest BCUT2D eigenvalue weighted by Crippen LogP contribution is 2.52. The minimum Gasteiger partial charge on any atom is -0.352 e. The summed E-state index contributed by atoms with van der Waals surface area (Å²) in [5.74, 6) is 7.46. The molecule has 4 bridgehead atoms. The fourth-order valence-corrected chi connectivity index (χ4v) is 15.0. The Labute approximate surface area is 662 Å². The van der Waals surface area contributed by atoms with Crippen molar-refractivity contribution in [2.45, 2.75) is 25.7 Å². The standard InChI is InChI=1S/C22H19N13O3.C17H21N7O2.C16H16N8O.C11H18N2.C6H4ClN5O2/c1-34-22(38)35-12-27-15(19(35)32-33-34)21(37)26-11-3-10-25-20(36)14-6-4-13(5-7-14)16-28-30-18(31-29-16)17-23-8-2-9-24-17;1-22-17(26)24-9-19-14(15(24)20-21-22)16(25)18-4-5-23-7-12-10-2-3-11(6-10)13(12)8-23;17-7-1-8-20-16(25)12-5-3-11(4-6-12)13-21-23-15(24-22-13)14-18-9-2-10-19-14;12-3-4-13-6-10-8-1-2-9(5-8)11(10)7-13;1-11-6(14)12-2-8-3(4(7)13)5(12)9-10-11/h2,4-9,12H,3,10-11H2,1H3,(H,25,36)(H,26,37);2-3,9-13H,4-8H2,1H3,(H,18,25);2-6,9-10H,1,7-8,17H2,(H,20,25);1-2,8-11H,3-7,12H2;2H,1H3. The van der Waals surface area contributed by atoms with Gasteiger partial charge in [0.25, 0.3) is 28.9 Å². The Morgan fingerprint density at radius 1 is 0.397 bits per heavy atom. The molecule has 0 spiro atoms. The normalized spacial score (nSPS) is 19.1. The minimum atomic E-state index is -0.768. The first-order valence-electron chi connectivity index (χ1n) is 37.2. The average Bonchev–Trinajstić information content (AvgIpc) is 1.61. The summed E-state index contributed by atoms with van der Waals surface area (Å²) in [7, 11) is 4.39. The number of likely N-dealkylation sites (tertiary alicyclic amines) is 2. The van der Waals surface area contributed by atoms with E-state index in [1.54, 1.807) is 85.5 Å². The van der Waals surface area contributed by atoms with Crippen molar-refractivity contribution in [1.29, 1.82) is 0 Å². The number of benzene rings is 2. The third-order valence-corrected chi connectivity index (χ3v) is 20.8. The maximum atomic E-state index is 12.5. The number of aryl methyl sites for hydroxylation is 3. The van der Waals surface area contributed by atoms with Crippen molar-refractivity contribution >= 4 is 57.4 Å². The Bertz CT molecular complexity index is 5730. The smallest absolute Gasteiger partial charge is 0.352 e. The first-order chi connectivity index (χ1) is 56.4. The number of amides is 4. The van der Waals surface area contributed by atoms with E-state index in [0.29, 0.717) is 78.2 Å². The predicted octanol–water partition coefficient (Wildman–Crippen LogP) is -1.25. The van der Waals surface area contributed by atoms with Crippen LogP contribution in [0.5, 0.6) is 0 Å². The molecule has 8 unspecified atom stereocenters. The Hall–Kier alpha value is -13.5. The molecule has 2 aromatic carbocycles. The van der Waals surface area contributed by atoms with Crippen LogP contribution in [-0.4, -0.2) is 251 Å². The molecule has 8 atom stereocenters. The van der Waals surface area contributed by atoms with Crippen LogP contribution in [0.1, 0.15) is 77.9 Å². The van der Waals surface area contributed by atoms with Gasteiger partial charge in [0, 0.05) is 140 Å². The number of nitrogens with two attached hydrogens (primary N) is 2. The number of nitrogens with zero attached hydrogens (tertiary/aromatic N) is 29. The molecule has 2 aliphatic heterocycles. The van der Waals surface area contributed by atoms with E-state index >= 15 is 0 Å². The third kappa shape index (κ3) is 17.8. The Morgan fingerprint density at radius 2 is 0.733 bits per heavy atom. The molecule has 116 heavy (non-hydrogen) atoms. The van der Waals surface area contributed by atoms with Crippen molar-refractivity contribution in [3.05, 3.63) is 188 Å². The fourth-order valence-electron chi connectivity index (χ4n) is 14.9. The van der Waals surface area contributed by atoms with Crippen LogP contribution in [0.3, 0.4) is 0 Å². The molecule has 12 aromatic rings. The maximum Gasteiger partial charge on any atom is 0.352 e. The van der Waals surface area contributed by atoms with Gasteiger partial charge in [0.1, 0.15) is 19.0 Å². The van der Waals surface area contributed by atoms with Crippen LogP contribution in [-0.2, 0) is 21.1 Å². The summed E-state index contributed by atoms with van der Waals surface area (Å²) in [6.45, 7) is 9.88. The summed E-state index contributed by atoms with van der Waals surface area (Å²) < 4.78 is 6.63. The SMILES string of the molecule is Cn1nnc2c(C(=O)Cl)ncn2c1=O.Cn1nnc2c(C(=O)NCCCNC(=O)c3ccc(-c4nnc(-c5ncccn5)nn4)cc3)ncn2c1=O.Cn1nnc2c(C(=O)NCCN3CC4C5C=CC(C5)C4C3)ncn2c1=O.NCCCNC(=O)c1ccc(-c2nnc(-c3ncccn3)nn2)cc1.NCCN1CC2C3C=CC(C3)C2C1. The molecule has 43 nitrogen and oxygen atoms in total. The summed E-state index contributed by atoms with van der Waals surface area (Å²) in [6, 6.07) is 16.9. The van der Waals surface area contributed by atoms with E-state index in [0.717, 1.165) is 109 Å². The van der Waals surface area contributed by atoms with E-state index in [2.05, 4.69) is 162 Å². The molecule has 10 aromatic heterocycles. The van der Waals surface area contributed by atoms with E-state index in [4.69, 9.17) is 23.1 Å². The van der Waals surface area contributed by atoms with Crippen LogP contribution in [0.4, 0.5) is 0 Å². The zero-order valence-electron chi connectivity index (χ0n) is 62.8. The van der Waals surface area contributed by atoms with Crippen molar-refractivity contribution in [3.8, 4) is 46.1 Å². The van der Waals surface area contributed by atoms with E-state index in [9.17, 15) is 38.4 Å². The van der Waals surface area contributed by atoms with Crippen molar-refractivity contribution in [2.75, 3.05) is 78.5 Å². The fraction of sp³-hybridized carbons (Fsp3) is 0.375. The van der Waals surface area contributed by atoms with Crippen molar-refractivity contribution in [3.63, 3.8) is 0 Å². The highest BCUT2D eigenvalue weighted by atomic mass is 35.5. The van der Waals surface area contributed by atoms with E-state index in [1.165, 1.54) is 70.5 Å². The lowest BCUT2D eigenvalue weighted by molar-refractivity contribution is 0.0936. The predicted molar refractivity (Wildman–Crippen MR) is 411 cm³/mol. The zero-order valence-corrected chi connectivity index (χ0v) is 63.6.